The summed E-state index contributed by atoms with van der Waals surface area (Å²) in [5, 5.41) is 5.85. The molecule has 4 nitrogen and oxygen atoms in total. The summed E-state index contributed by atoms with van der Waals surface area (Å²) in [5.41, 5.74) is 9.65. The zero-order valence-corrected chi connectivity index (χ0v) is 12.8. The number of nitrogens with zero attached hydrogens (tertiary/aromatic N) is 3. The van der Waals surface area contributed by atoms with E-state index in [1.54, 1.807) is 0 Å². The molecule has 0 bridgehead atoms. The Hall–Kier alpha value is -2.07. The van der Waals surface area contributed by atoms with Gasteiger partial charge in [0.25, 0.3) is 0 Å². The van der Waals surface area contributed by atoms with Gasteiger partial charge in [0.15, 0.2) is 0 Å². The van der Waals surface area contributed by atoms with Crippen molar-refractivity contribution in [3.8, 4) is 0 Å². The van der Waals surface area contributed by atoms with Crippen molar-refractivity contribution in [2.45, 2.75) is 26.4 Å². The van der Waals surface area contributed by atoms with E-state index in [0.717, 1.165) is 12.2 Å². The third-order valence-electron chi connectivity index (χ3n) is 4.04. The van der Waals surface area contributed by atoms with E-state index in [-0.39, 0.29) is 6.04 Å². The standard InChI is InChI=1S/C17H22N4/c1-12(2)17(18)13-8-9-21(10-13)11-15-14-6-4-5-7-16(14)20(3)19-15/h4-10,12,17H,11,18H2,1-3H3. The van der Waals surface area contributed by atoms with Crippen LogP contribution in [-0.4, -0.2) is 14.3 Å². The second-order valence-corrected chi connectivity index (χ2v) is 5.97. The average Bonchev–Trinajstić information content (AvgIpc) is 3.05. The highest BCUT2D eigenvalue weighted by Gasteiger charge is 2.13. The highest BCUT2D eigenvalue weighted by molar-refractivity contribution is 5.81. The zero-order valence-electron chi connectivity index (χ0n) is 12.8. The lowest BCUT2D eigenvalue weighted by atomic mass is 10.00. The smallest absolute Gasteiger partial charge is 0.0900 e. The molecular formula is C17H22N4. The van der Waals surface area contributed by atoms with Crippen molar-refractivity contribution in [2.75, 3.05) is 0 Å². The third-order valence-corrected chi connectivity index (χ3v) is 4.04. The van der Waals surface area contributed by atoms with Crippen LogP contribution in [-0.2, 0) is 13.6 Å². The quantitative estimate of drug-likeness (QED) is 0.799. The Morgan fingerprint density at radius 1 is 1.19 bits per heavy atom. The highest BCUT2D eigenvalue weighted by atomic mass is 15.3. The molecule has 2 N–H and O–H groups in total. The molecule has 4 heteroatoms. The topological polar surface area (TPSA) is 48.8 Å². The number of nitrogens with two attached hydrogens (primary N) is 1. The van der Waals surface area contributed by atoms with Crippen LogP contribution >= 0.6 is 0 Å². The van der Waals surface area contributed by atoms with Crippen molar-refractivity contribution >= 4 is 10.9 Å². The number of aromatic nitrogens is 3. The number of fused-ring (bicyclic) bond motifs is 1. The lowest BCUT2D eigenvalue weighted by molar-refractivity contribution is 0.513. The van der Waals surface area contributed by atoms with Gasteiger partial charge in [-0.15, -0.1) is 0 Å². The maximum absolute atomic E-state index is 6.21. The molecule has 1 aromatic carbocycles. The summed E-state index contributed by atoms with van der Waals surface area (Å²) in [6.45, 7) is 5.06. The molecule has 0 aliphatic heterocycles. The Morgan fingerprint density at radius 2 is 1.95 bits per heavy atom. The summed E-state index contributed by atoms with van der Waals surface area (Å²) >= 11 is 0. The average molecular weight is 282 g/mol. The van der Waals surface area contributed by atoms with Gasteiger partial charge in [-0.05, 0) is 23.6 Å². The fraction of sp³-hybridized carbons (Fsp3) is 0.353. The number of rotatable bonds is 4. The molecule has 0 saturated carbocycles. The van der Waals surface area contributed by atoms with Gasteiger partial charge in [0.05, 0.1) is 17.8 Å². The van der Waals surface area contributed by atoms with Crippen molar-refractivity contribution in [1.82, 2.24) is 14.3 Å². The van der Waals surface area contributed by atoms with Gasteiger partial charge in [0.2, 0.25) is 0 Å². The molecule has 1 atom stereocenters. The number of para-hydroxylation sites is 1. The van der Waals surface area contributed by atoms with Gasteiger partial charge in [0.1, 0.15) is 0 Å². The van der Waals surface area contributed by atoms with E-state index >= 15 is 0 Å². The van der Waals surface area contributed by atoms with Crippen LogP contribution in [0.1, 0.15) is 31.1 Å². The van der Waals surface area contributed by atoms with Gasteiger partial charge >= 0.3 is 0 Å². The van der Waals surface area contributed by atoms with E-state index in [4.69, 9.17) is 5.73 Å². The van der Waals surface area contributed by atoms with E-state index in [0.29, 0.717) is 5.92 Å². The van der Waals surface area contributed by atoms with E-state index < -0.39 is 0 Å². The minimum Gasteiger partial charge on any atom is -0.348 e. The zero-order chi connectivity index (χ0) is 15.0. The first-order chi connectivity index (χ1) is 10.1. The molecule has 0 aliphatic rings. The van der Waals surface area contributed by atoms with Crippen molar-refractivity contribution < 1.29 is 0 Å². The maximum atomic E-state index is 6.21. The van der Waals surface area contributed by atoms with E-state index in [2.05, 4.69) is 60.2 Å². The molecule has 0 fully saturated rings. The molecule has 0 radical (unpaired) electrons. The van der Waals surface area contributed by atoms with Crippen molar-refractivity contribution in [1.29, 1.82) is 0 Å². The Kier molecular flexibility index (Phi) is 3.55. The van der Waals surface area contributed by atoms with Gasteiger partial charge in [0, 0.05) is 30.9 Å². The van der Waals surface area contributed by atoms with Gasteiger partial charge < -0.3 is 10.3 Å². The predicted octanol–water partition coefficient (Wildman–Crippen LogP) is 3.08. The number of aryl methyl sites for hydroxylation is 1. The lowest BCUT2D eigenvalue weighted by Crippen LogP contribution is -2.15. The molecule has 0 amide bonds. The Labute approximate surface area is 125 Å². The van der Waals surface area contributed by atoms with Crippen LogP contribution in [0.25, 0.3) is 10.9 Å². The number of benzene rings is 1. The number of hydrogen-bond acceptors (Lipinski definition) is 2. The fourth-order valence-electron chi connectivity index (χ4n) is 2.72. The molecule has 0 aliphatic carbocycles. The minimum atomic E-state index is 0.0896. The van der Waals surface area contributed by atoms with Crippen LogP contribution in [0.2, 0.25) is 0 Å². The molecule has 110 valence electrons. The van der Waals surface area contributed by atoms with E-state index in [1.165, 1.54) is 16.5 Å². The Balaban J connectivity index is 1.89. The van der Waals surface area contributed by atoms with E-state index in [9.17, 15) is 0 Å². The summed E-state index contributed by atoms with van der Waals surface area (Å²) in [7, 11) is 1.99. The largest absolute Gasteiger partial charge is 0.348 e. The van der Waals surface area contributed by atoms with Crippen LogP contribution in [0.15, 0.2) is 42.7 Å². The van der Waals surface area contributed by atoms with Crippen molar-refractivity contribution in [2.24, 2.45) is 18.7 Å². The van der Waals surface area contributed by atoms with Crippen LogP contribution in [0.3, 0.4) is 0 Å². The molecule has 2 aromatic heterocycles. The second kappa shape index (κ2) is 5.37. The molecule has 0 spiro atoms. The van der Waals surface area contributed by atoms with E-state index in [1.807, 2.05) is 17.8 Å². The summed E-state index contributed by atoms with van der Waals surface area (Å²) < 4.78 is 4.10. The first kappa shape index (κ1) is 13.9. The van der Waals surface area contributed by atoms with Crippen molar-refractivity contribution in [3.05, 3.63) is 54.0 Å². The lowest BCUT2D eigenvalue weighted by Gasteiger charge is -2.13. The molecule has 21 heavy (non-hydrogen) atoms. The molecule has 3 rings (SSSR count). The summed E-state index contributed by atoms with van der Waals surface area (Å²) in [6, 6.07) is 10.5. The second-order valence-electron chi connectivity index (χ2n) is 5.97. The van der Waals surface area contributed by atoms with Crippen LogP contribution in [0.4, 0.5) is 0 Å². The Morgan fingerprint density at radius 3 is 2.71 bits per heavy atom. The number of hydrogen-bond donors (Lipinski definition) is 1. The van der Waals surface area contributed by atoms with Crippen LogP contribution in [0, 0.1) is 5.92 Å². The summed E-state index contributed by atoms with van der Waals surface area (Å²) in [6.07, 6.45) is 4.22. The predicted molar refractivity (Wildman–Crippen MR) is 86.0 cm³/mol. The summed E-state index contributed by atoms with van der Waals surface area (Å²) in [4.78, 5) is 0. The summed E-state index contributed by atoms with van der Waals surface area (Å²) in [5.74, 6) is 0.441. The van der Waals surface area contributed by atoms with Gasteiger partial charge in [-0.25, -0.2) is 0 Å². The minimum absolute atomic E-state index is 0.0896. The fourth-order valence-corrected chi connectivity index (χ4v) is 2.72. The monoisotopic (exact) mass is 282 g/mol. The molecule has 2 heterocycles. The first-order valence-electron chi connectivity index (χ1n) is 7.38. The molecule has 1 unspecified atom stereocenters. The molecule has 3 aromatic rings. The first-order valence-corrected chi connectivity index (χ1v) is 7.38. The maximum Gasteiger partial charge on any atom is 0.0900 e. The third kappa shape index (κ3) is 2.59. The Bertz CT molecular complexity index is 751. The highest BCUT2D eigenvalue weighted by Crippen LogP contribution is 2.21. The van der Waals surface area contributed by atoms with Gasteiger partial charge in [-0.2, -0.15) is 5.10 Å². The normalized spacial score (nSPS) is 13.2. The van der Waals surface area contributed by atoms with Gasteiger partial charge in [-0.1, -0.05) is 32.0 Å². The van der Waals surface area contributed by atoms with Crippen LogP contribution < -0.4 is 5.73 Å². The van der Waals surface area contributed by atoms with Crippen molar-refractivity contribution in [3.63, 3.8) is 0 Å². The van der Waals surface area contributed by atoms with Crippen LogP contribution in [0.5, 0.6) is 0 Å². The molecule has 0 saturated heterocycles. The van der Waals surface area contributed by atoms with Gasteiger partial charge in [-0.3, -0.25) is 4.68 Å². The molecular weight excluding hydrogens is 260 g/mol. The SMILES string of the molecule is CC(C)C(N)c1ccn(Cc2nn(C)c3ccccc23)c1.